The third kappa shape index (κ3) is 4.64. The maximum atomic E-state index is 13.0. The number of hydrogen-bond acceptors (Lipinski definition) is 5. The van der Waals surface area contributed by atoms with Crippen molar-refractivity contribution in [1.82, 2.24) is 15.0 Å². The Kier molecular flexibility index (Phi) is 5.88. The maximum absolute atomic E-state index is 13.0. The first-order valence-electron chi connectivity index (χ1n) is 8.71. The molecular weight excluding hydrogens is 363 g/mol. The second kappa shape index (κ2) is 8.51. The summed E-state index contributed by atoms with van der Waals surface area (Å²) in [6.45, 7) is 2.33. The molecule has 0 aliphatic rings. The normalized spacial score (nSPS) is 10.6. The zero-order valence-corrected chi connectivity index (χ0v) is 15.9. The number of rotatable bonds is 6. The van der Waals surface area contributed by atoms with Gasteiger partial charge in [-0.25, -0.2) is 9.18 Å². The number of halogens is 1. The molecule has 1 N–H and O–H groups in total. The smallest absolute Gasteiger partial charge is 0.321 e. The first-order chi connectivity index (χ1) is 13.5. The molecule has 0 aliphatic carbocycles. The number of likely N-dealkylation sites (N-methyl/N-ethyl adjacent to an activating group) is 1. The lowest BCUT2D eigenvalue weighted by molar-refractivity contribution is 0.222. The summed E-state index contributed by atoms with van der Waals surface area (Å²) in [5.41, 5.74) is 2.26. The highest BCUT2D eigenvalue weighted by Gasteiger charge is 2.14. The molecule has 3 rings (SSSR count). The Hall–Kier alpha value is -3.42. The van der Waals surface area contributed by atoms with Crippen LogP contribution in [0.25, 0.3) is 11.5 Å². The molecule has 2 amide bonds. The first-order valence-corrected chi connectivity index (χ1v) is 8.71. The van der Waals surface area contributed by atoms with Gasteiger partial charge in [0.25, 0.3) is 5.89 Å². The Labute approximate surface area is 162 Å². The van der Waals surface area contributed by atoms with Crippen LogP contribution in [0.2, 0.25) is 0 Å². The van der Waals surface area contributed by atoms with Gasteiger partial charge in [0.05, 0.1) is 12.8 Å². The van der Waals surface area contributed by atoms with Gasteiger partial charge in [0, 0.05) is 25.6 Å². The van der Waals surface area contributed by atoms with Gasteiger partial charge in [0.1, 0.15) is 11.6 Å². The highest BCUT2D eigenvalue weighted by Crippen LogP contribution is 2.25. The minimum Gasteiger partial charge on any atom is -0.495 e. The van der Waals surface area contributed by atoms with Crippen molar-refractivity contribution in [3.63, 3.8) is 0 Å². The van der Waals surface area contributed by atoms with E-state index in [2.05, 4.69) is 15.5 Å². The predicted octanol–water partition coefficient (Wildman–Crippen LogP) is 3.90. The lowest BCUT2D eigenvalue weighted by atomic mass is 10.2. The molecule has 2 aromatic carbocycles. The minimum atomic E-state index is -0.332. The lowest BCUT2D eigenvalue weighted by Crippen LogP contribution is -2.33. The van der Waals surface area contributed by atoms with Crippen molar-refractivity contribution in [2.75, 3.05) is 26.0 Å². The molecule has 0 bridgehead atoms. The molecule has 0 fully saturated rings. The summed E-state index contributed by atoms with van der Waals surface area (Å²) in [7, 11) is 3.23. The molecule has 7 nitrogen and oxygen atoms in total. The van der Waals surface area contributed by atoms with E-state index in [1.165, 1.54) is 17.0 Å². The molecule has 0 radical (unpaired) electrons. The van der Waals surface area contributed by atoms with Crippen LogP contribution in [0.5, 0.6) is 5.75 Å². The summed E-state index contributed by atoms with van der Waals surface area (Å²) in [5.74, 6) is 1.04. The topological polar surface area (TPSA) is 80.5 Å². The third-order valence-corrected chi connectivity index (χ3v) is 4.17. The number of aryl methyl sites for hydroxylation is 1. The molecular formula is C20H21FN4O3. The van der Waals surface area contributed by atoms with E-state index >= 15 is 0 Å². The Balaban J connectivity index is 1.58. The van der Waals surface area contributed by atoms with Crippen LogP contribution < -0.4 is 10.1 Å². The van der Waals surface area contributed by atoms with E-state index in [1.54, 1.807) is 32.4 Å². The zero-order valence-electron chi connectivity index (χ0n) is 15.9. The van der Waals surface area contributed by atoms with Crippen LogP contribution in [0.15, 0.2) is 47.0 Å². The van der Waals surface area contributed by atoms with E-state index in [0.29, 0.717) is 41.7 Å². The number of ether oxygens (including phenoxy) is 1. The van der Waals surface area contributed by atoms with Gasteiger partial charge < -0.3 is 19.5 Å². The van der Waals surface area contributed by atoms with Crippen LogP contribution in [0.3, 0.4) is 0 Å². The summed E-state index contributed by atoms with van der Waals surface area (Å²) in [6, 6.07) is 11.1. The molecule has 0 aliphatic heterocycles. The fourth-order valence-electron chi connectivity index (χ4n) is 2.56. The van der Waals surface area contributed by atoms with Crippen molar-refractivity contribution in [2.24, 2.45) is 0 Å². The SMILES string of the molecule is COc1ccc(C)cc1NC(=O)N(C)CCc1noc(-c2ccc(F)cc2)n1. The summed E-state index contributed by atoms with van der Waals surface area (Å²) < 4.78 is 23.5. The summed E-state index contributed by atoms with van der Waals surface area (Å²) in [4.78, 5) is 18.2. The quantitative estimate of drug-likeness (QED) is 0.697. The van der Waals surface area contributed by atoms with Gasteiger partial charge >= 0.3 is 6.03 Å². The Morgan fingerprint density at radius 2 is 2.00 bits per heavy atom. The van der Waals surface area contributed by atoms with Gasteiger partial charge in [0.2, 0.25) is 0 Å². The summed E-state index contributed by atoms with van der Waals surface area (Å²) >= 11 is 0. The average molecular weight is 384 g/mol. The first kappa shape index (κ1) is 19.3. The lowest BCUT2D eigenvalue weighted by Gasteiger charge is -2.18. The van der Waals surface area contributed by atoms with Crippen LogP contribution in [0.1, 0.15) is 11.4 Å². The van der Waals surface area contributed by atoms with E-state index in [-0.39, 0.29) is 11.8 Å². The van der Waals surface area contributed by atoms with E-state index < -0.39 is 0 Å². The fourth-order valence-corrected chi connectivity index (χ4v) is 2.56. The number of nitrogens with zero attached hydrogens (tertiary/aromatic N) is 3. The molecule has 1 heterocycles. The van der Waals surface area contributed by atoms with Gasteiger partial charge in [-0.1, -0.05) is 11.2 Å². The van der Waals surface area contributed by atoms with E-state index in [9.17, 15) is 9.18 Å². The molecule has 0 saturated carbocycles. The van der Waals surface area contributed by atoms with Gasteiger partial charge in [-0.15, -0.1) is 0 Å². The van der Waals surface area contributed by atoms with Crippen LogP contribution in [0, 0.1) is 12.7 Å². The number of hydrogen-bond donors (Lipinski definition) is 1. The third-order valence-electron chi connectivity index (χ3n) is 4.17. The fraction of sp³-hybridized carbons (Fsp3) is 0.250. The largest absolute Gasteiger partial charge is 0.495 e. The Bertz CT molecular complexity index is 956. The summed E-state index contributed by atoms with van der Waals surface area (Å²) in [6.07, 6.45) is 0.416. The van der Waals surface area contributed by atoms with E-state index in [0.717, 1.165) is 5.56 Å². The molecule has 0 spiro atoms. The highest BCUT2D eigenvalue weighted by molar-refractivity contribution is 5.91. The monoisotopic (exact) mass is 384 g/mol. The van der Waals surface area contributed by atoms with Crippen LogP contribution >= 0.6 is 0 Å². The van der Waals surface area contributed by atoms with Gasteiger partial charge in [-0.05, 0) is 48.9 Å². The van der Waals surface area contributed by atoms with Crippen molar-refractivity contribution in [3.8, 4) is 17.2 Å². The van der Waals surface area contributed by atoms with Crippen molar-refractivity contribution >= 4 is 11.7 Å². The zero-order chi connectivity index (χ0) is 20.1. The molecule has 0 atom stereocenters. The molecule has 1 aromatic heterocycles. The van der Waals surface area contributed by atoms with E-state index in [1.807, 2.05) is 19.1 Å². The van der Waals surface area contributed by atoms with E-state index in [4.69, 9.17) is 9.26 Å². The molecule has 0 saturated heterocycles. The standard InChI is InChI=1S/C20H21FN4O3/c1-13-4-9-17(27-3)16(12-13)22-20(26)25(2)11-10-18-23-19(28-24-18)14-5-7-15(21)8-6-14/h4-9,12H,10-11H2,1-3H3,(H,22,26). The highest BCUT2D eigenvalue weighted by atomic mass is 19.1. The second-order valence-electron chi connectivity index (χ2n) is 6.33. The molecule has 146 valence electrons. The van der Waals surface area contributed by atoms with Gasteiger partial charge in [0.15, 0.2) is 5.82 Å². The number of carbonyl (C=O) groups is 1. The van der Waals surface area contributed by atoms with Gasteiger partial charge in [-0.3, -0.25) is 0 Å². The molecule has 0 unspecified atom stereocenters. The molecule has 8 heteroatoms. The van der Waals surface area contributed by atoms with Crippen LogP contribution in [0.4, 0.5) is 14.9 Å². The van der Waals surface area contributed by atoms with Crippen molar-refractivity contribution in [3.05, 3.63) is 59.7 Å². The van der Waals surface area contributed by atoms with Crippen molar-refractivity contribution in [1.29, 1.82) is 0 Å². The Morgan fingerprint density at radius 1 is 1.25 bits per heavy atom. The number of urea groups is 1. The van der Waals surface area contributed by atoms with Gasteiger partial charge in [-0.2, -0.15) is 4.98 Å². The number of benzene rings is 2. The second-order valence-corrected chi connectivity index (χ2v) is 6.33. The average Bonchev–Trinajstić information content (AvgIpc) is 3.16. The number of methoxy groups -OCH3 is 1. The predicted molar refractivity (Wildman–Crippen MR) is 103 cm³/mol. The molecule has 3 aromatic rings. The van der Waals surface area contributed by atoms with Crippen molar-refractivity contribution in [2.45, 2.75) is 13.3 Å². The number of aromatic nitrogens is 2. The van der Waals surface area contributed by atoms with Crippen LogP contribution in [-0.2, 0) is 6.42 Å². The Morgan fingerprint density at radius 3 is 2.71 bits per heavy atom. The number of nitrogens with one attached hydrogen (secondary N) is 1. The van der Waals surface area contributed by atoms with Crippen LogP contribution in [-0.4, -0.2) is 41.8 Å². The van der Waals surface area contributed by atoms with Crippen molar-refractivity contribution < 1.29 is 18.4 Å². The maximum Gasteiger partial charge on any atom is 0.321 e. The minimum absolute atomic E-state index is 0.272. The molecule has 28 heavy (non-hydrogen) atoms. The summed E-state index contributed by atoms with van der Waals surface area (Å²) in [5, 5.41) is 6.75. The number of anilines is 1. The number of amides is 2. The number of carbonyl (C=O) groups excluding carboxylic acids is 1.